The van der Waals surface area contributed by atoms with E-state index >= 15 is 0 Å². The van der Waals surface area contributed by atoms with E-state index in [1.54, 1.807) is 63.2 Å². The molecule has 8 heteroatoms. The Morgan fingerprint density at radius 3 is 2.29 bits per heavy atom. The molecule has 0 amide bonds. The van der Waals surface area contributed by atoms with E-state index in [-0.39, 0.29) is 11.3 Å². The summed E-state index contributed by atoms with van der Waals surface area (Å²) < 4.78 is 22.4. The van der Waals surface area contributed by atoms with Gasteiger partial charge in [0.15, 0.2) is 6.10 Å². The van der Waals surface area contributed by atoms with Crippen molar-refractivity contribution in [3.05, 3.63) is 59.7 Å². The van der Waals surface area contributed by atoms with E-state index in [0.29, 0.717) is 11.3 Å². The normalized spacial score (nSPS) is 23.3. The molecule has 8 nitrogen and oxygen atoms in total. The van der Waals surface area contributed by atoms with E-state index in [2.05, 4.69) is 5.32 Å². The number of esters is 1. The summed E-state index contributed by atoms with van der Waals surface area (Å²) >= 11 is 0. The minimum atomic E-state index is -1.91. The number of aliphatic carboxylic acids is 1. The minimum absolute atomic E-state index is 0.287. The third-order valence-electron chi connectivity index (χ3n) is 4.84. The first-order valence-corrected chi connectivity index (χ1v) is 9.80. The molecule has 3 rings (SSSR count). The topological polar surface area (TPSA) is 103 Å². The molecule has 1 fully saturated rings. The second-order valence-electron chi connectivity index (χ2n) is 8.16. The van der Waals surface area contributed by atoms with Gasteiger partial charge in [0.25, 0.3) is 0 Å². The molecule has 166 valence electrons. The van der Waals surface area contributed by atoms with Crippen molar-refractivity contribution in [2.24, 2.45) is 0 Å². The molecular weight excluding hydrogens is 402 g/mol. The monoisotopic (exact) mass is 429 g/mol. The Hall–Kier alpha value is -3.10. The van der Waals surface area contributed by atoms with Crippen molar-refractivity contribution < 1.29 is 33.6 Å². The van der Waals surface area contributed by atoms with Gasteiger partial charge in [-0.2, -0.15) is 0 Å². The summed E-state index contributed by atoms with van der Waals surface area (Å²) in [4.78, 5) is 25.6. The predicted molar refractivity (Wildman–Crippen MR) is 112 cm³/mol. The summed E-state index contributed by atoms with van der Waals surface area (Å²) in [6.07, 6.45) is -1.35. The molecule has 0 saturated carbocycles. The lowest BCUT2D eigenvalue weighted by molar-refractivity contribution is -0.189. The maximum atomic E-state index is 13.5. The molecule has 0 radical (unpaired) electrons. The Morgan fingerprint density at radius 2 is 1.74 bits per heavy atom. The number of carboxylic acids is 1. The lowest BCUT2D eigenvalue weighted by Gasteiger charge is -2.32. The molecule has 2 aromatic carbocycles. The summed E-state index contributed by atoms with van der Waals surface area (Å²) in [5.74, 6) is -1.18. The summed E-state index contributed by atoms with van der Waals surface area (Å²) in [5, 5.41) is 13.0. The van der Waals surface area contributed by atoms with Crippen LogP contribution in [0.1, 0.15) is 37.9 Å². The van der Waals surface area contributed by atoms with Crippen LogP contribution in [-0.4, -0.2) is 43.0 Å². The second kappa shape index (κ2) is 8.56. The number of carbonyl (C=O) groups excluding carboxylic acids is 1. The zero-order valence-corrected chi connectivity index (χ0v) is 18.2. The maximum absolute atomic E-state index is 13.5. The number of methoxy groups -OCH3 is 2. The number of carbonyl (C=O) groups is 2. The van der Waals surface area contributed by atoms with Crippen molar-refractivity contribution in [3.63, 3.8) is 0 Å². The van der Waals surface area contributed by atoms with Gasteiger partial charge in [-0.1, -0.05) is 30.3 Å². The quantitative estimate of drug-likeness (QED) is 0.676. The van der Waals surface area contributed by atoms with Gasteiger partial charge >= 0.3 is 11.9 Å². The van der Waals surface area contributed by atoms with Gasteiger partial charge < -0.3 is 24.1 Å². The summed E-state index contributed by atoms with van der Waals surface area (Å²) in [6, 6.07) is 13.0. The van der Waals surface area contributed by atoms with Crippen molar-refractivity contribution in [2.75, 3.05) is 14.2 Å². The van der Waals surface area contributed by atoms with Crippen LogP contribution in [0.5, 0.6) is 11.5 Å². The molecule has 2 N–H and O–H groups in total. The maximum Gasteiger partial charge on any atom is 0.359 e. The average Bonchev–Trinajstić information content (AvgIpc) is 3.15. The summed E-state index contributed by atoms with van der Waals surface area (Å²) in [7, 11) is 2.95. The molecule has 1 aliphatic rings. The van der Waals surface area contributed by atoms with Gasteiger partial charge in [-0.15, -0.1) is 0 Å². The van der Waals surface area contributed by atoms with E-state index in [4.69, 9.17) is 18.9 Å². The molecule has 0 bridgehead atoms. The van der Waals surface area contributed by atoms with Crippen molar-refractivity contribution in [1.82, 2.24) is 5.32 Å². The zero-order valence-electron chi connectivity index (χ0n) is 18.2. The van der Waals surface area contributed by atoms with Gasteiger partial charge in [-0.05, 0) is 38.5 Å². The second-order valence-corrected chi connectivity index (χ2v) is 8.16. The van der Waals surface area contributed by atoms with Gasteiger partial charge in [0.1, 0.15) is 17.1 Å². The Balaban J connectivity index is 2.18. The Kier molecular flexibility index (Phi) is 6.24. The number of benzene rings is 2. The van der Waals surface area contributed by atoms with Crippen LogP contribution in [0.2, 0.25) is 0 Å². The highest BCUT2D eigenvalue weighted by Crippen LogP contribution is 2.44. The van der Waals surface area contributed by atoms with Crippen molar-refractivity contribution in [1.29, 1.82) is 0 Å². The van der Waals surface area contributed by atoms with Crippen molar-refractivity contribution in [3.8, 4) is 11.5 Å². The van der Waals surface area contributed by atoms with E-state index in [9.17, 15) is 14.7 Å². The van der Waals surface area contributed by atoms with Crippen LogP contribution >= 0.6 is 0 Å². The first kappa shape index (κ1) is 22.6. The fourth-order valence-electron chi connectivity index (χ4n) is 3.50. The molecule has 2 aromatic rings. The van der Waals surface area contributed by atoms with E-state index in [1.807, 2.05) is 6.07 Å². The number of carboxylic acid groups (broad SMARTS) is 1. The van der Waals surface area contributed by atoms with Gasteiger partial charge in [-0.25, -0.2) is 9.59 Å². The summed E-state index contributed by atoms with van der Waals surface area (Å²) in [5.41, 5.74) is -1.80. The third kappa shape index (κ3) is 4.50. The van der Waals surface area contributed by atoms with Crippen LogP contribution in [0, 0.1) is 0 Å². The van der Waals surface area contributed by atoms with Crippen LogP contribution in [-0.2, 0) is 24.8 Å². The number of hydrogen-bond donors (Lipinski definition) is 2. The molecule has 0 aliphatic carbocycles. The molecule has 1 aliphatic heterocycles. The van der Waals surface area contributed by atoms with E-state index < -0.39 is 35.4 Å². The zero-order chi connectivity index (χ0) is 22.8. The number of nitrogens with one attached hydrogen (secondary N) is 1. The van der Waals surface area contributed by atoms with Crippen LogP contribution in [0.4, 0.5) is 0 Å². The molecule has 31 heavy (non-hydrogen) atoms. The highest BCUT2D eigenvalue weighted by Gasteiger charge is 2.58. The van der Waals surface area contributed by atoms with Gasteiger partial charge in [0.05, 0.1) is 25.8 Å². The molecular formula is C23H27NO7. The number of rotatable bonds is 6. The molecule has 0 spiro atoms. The molecule has 1 heterocycles. The van der Waals surface area contributed by atoms with Gasteiger partial charge in [-0.3, -0.25) is 5.32 Å². The third-order valence-corrected chi connectivity index (χ3v) is 4.84. The standard InChI is InChI=1S/C23H27NO7/c1-22(2,3)31-21(27)23(16-12-11-15(28-4)13-17(16)29-5)24-18(19(30-23)20(25)26)14-9-7-6-8-10-14/h6-13,18-19,24H,1-5H3,(H,25,26). The number of hydrogen-bond acceptors (Lipinski definition) is 7. The highest BCUT2D eigenvalue weighted by molar-refractivity contribution is 5.85. The highest BCUT2D eigenvalue weighted by atomic mass is 16.6. The Labute approximate surface area is 181 Å². The Morgan fingerprint density at radius 1 is 1.06 bits per heavy atom. The fraction of sp³-hybridized carbons (Fsp3) is 0.391. The van der Waals surface area contributed by atoms with Crippen molar-refractivity contribution >= 4 is 11.9 Å². The van der Waals surface area contributed by atoms with Gasteiger partial charge in [0, 0.05) is 6.07 Å². The lowest BCUT2D eigenvalue weighted by Crippen LogP contribution is -2.50. The van der Waals surface area contributed by atoms with Crippen molar-refractivity contribution in [2.45, 2.75) is 44.2 Å². The molecule has 1 saturated heterocycles. The first-order valence-electron chi connectivity index (χ1n) is 9.80. The van der Waals surface area contributed by atoms with E-state index in [1.165, 1.54) is 14.2 Å². The van der Waals surface area contributed by atoms with Crippen LogP contribution in [0.3, 0.4) is 0 Å². The minimum Gasteiger partial charge on any atom is -0.497 e. The predicted octanol–water partition coefficient (Wildman–Crippen LogP) is 3.01. The molecule has 3 unspecified atom stereocenters. The Bertz CT molecular complexity index is 954. The summed E-state index contributed by atoms with van der Waals surface area (Å²) in [6.45, 7) is 5.17. The first-order chi connectivity index (χ1) is 14.6. The van der Waals surface area contributed by atoms with Crippen LogP contribution < -0.4 is 14.8 Å². The SMILES string of the molecule is COc1ccc(C2(C(=O)OC(C)(C)C)NC(c3ccccc3)C(C(=O)O)O2)c(OC)c1. The molecule has 3 atom stereocenters. The average molecular weight is 429 g/mol. The fourth-order valence-corrected chi connectivity index (χ4v) is 3.50. The van der Waals surface area contributed by atoms with Crippen LogP contribution in [0.15, 0.2) is 48.5 Å². The van der Waals surface area contributed by atoms with Crippen LogP contribution in [0.25, 0.3) is 0 Å². The largest absolute Gasteiger partial charge is 0.497 e. The molecule has 0 aromatic heterocycles. The lowest BCUT2D eigenvalue weighted by atomic mass is 9.98. The van der Waals surface area contributed by atoms with Gasteiger partial charge in [0.2, 0.25) is 5.72 Å². The van der Waals surface area contributed by atoms with E-state index in [0.717, 1.165) is 0 Å². The number of ether oxygens (including phenoxy) is 4. The smallest absolute Gasteiger partial charge is 0.359 e.